The highest BCUT2D eigenvalue weighted by Gasteiger charge is 2.50. The number of anilines is 1. The lowest BCUT2D eigenvalue weighted by molar-refractivity contribution is -0.192. The molecule has 0 atom stereocenters. The van der Waals surface area contributed by atoms with Gasteiger partial charge in [-0.15, -0.1) is 6.42 Å². The SMILES string of the molecule is C#CCN1C(=O)C(F)(F)Oc2cc(F)c(CC(=O)OC#C)cc21. The normalized spacial score (nSPS) is 15.0. The van der Waals surface area contributed by atoms with Crippen molar-refractivity contribution < 1.29 is 32.2 Å². The second-order valence-electron chi connectivity index (χ2n) is 4.39. The second kappa shape index (κ2) is 5.93. The van der Waals surface area contributed by atoms with Gasteiger partial charge in [-0.3, -0.25) is 14.5 Å². The number of fused-ring (bicyclic) bond motifs is 1. The van der Waals surface area contributed by atoms with Crippen molar-refractivity contribution in [1.82, 2.24) is 0 Å². The molecule has 0 fully saturated rings. The average molecular weight is 323 g/mol. The minimum absolute atomic E-state index is 0.177. The molecule has 1 aromatic rings. The molecule has 1 amide bonds. The topological polar surface area (TPSA) is 55.8 Å². The third kappa shape index (κ3) is 3.06. The van der Waals surface area contributed by atoms with Crippen molar-refractivity contribution in [2.75, 3.05) is 11.4 Å². The predicted molar refractivity (Wildman–Crippen MR) is 71.8 cm³/mol. The Kier molecular flexibility index (Phi) is 4.19. The summed E-state index contributed by atoms with van der Waals surface area (Å²) in [5.74, 6) is -2.14. The van der Waals surface area contributed by atoms with Crippen molar-refractivity contribution in [2.45, 2.75) is 12.5 Å². The minimum atomic E-state index is -4.17. The fraction of sp³-hybridized carbons (Fsp3) is 0.200. The molecule has 0 aromatic heterocycles. The summed E-state index contributed by atoms with van der Waals surface area (Å²) in [6.07, 6.45) is 6.74. The Morgan fingerprint density at radius 2 is 2.09 bits per heavy atom. The maximum atomic E-state index is 13.9. The van der Waals surface area contributed by atoms with Crippen LogP contribution in [0.5, 0.6) is 5.75 Å². The summed E-state index contributed by atoms with van der Waals surface area (Å²) in [7, 11) is 0. The van der Waals surface area contributed by atoms with Crippen molar-refractivity contribution >= 4 is 17.6 Å². The predicted octanol–water partition coefficient (Wildman–Crippen LogP) is 1.45. The van der Waals surface area contributed by atoms with Crippen LogP contribution in [0.25, 0.3) is 0 Å². The van der Waals surface area contributed by atoms with Crippen molar-refractivity contribution in [3.05, 3.63) is 23.5 Å². The van der Waals surface area contributed by atoms with E-state index in [1.54, 1.807) is 6.11 Å². The molecule has 2 rings (SSSR count). The summed E-state index contributed by atoms with van der Waals surface area (Å²) in [5, 5.41) is 0. The van der Waals surface area contributed by atoms with Crippen LogP contribution >= 0.6 is 0 Å². The number of rotatable bonds is 3. The van der Waals surface area contributed by atoms with Gasteiger partial charge in [0.15, 0.2) is 5.75 Å². The molecule has 0 saturated heterocycles. The quantitative estimate of drug-likeness (QED) is 0.624. The van der Waals surface area contributed by atoms with E-state index in [9.17, 15) is 22.8 Å². The average Bonchev–Trinajstić information content (AvgIpc) is 2.46. The summed E-state index contributed by atoms with van der Waals surface area (Å²) < 4.78 is 49.3. The van der Waals surface area contributed by atoms with Crippen LogP contribution in [-0.2, 0) is 20.7 Å². The molecule has 1 aliphatic rings. The van der Waals surface area contributed by atoms with E-state index in [1.165, 1.54) is 0 Å². The lowest BCUT2D eigenvalue weighted by Gasteiger charge is -2.32. The van der Waals surface area contributed by atoms with E-state index in [4.69, 9.17) is 12.8 Å². The van der Waals surface area contributed by atoms with Crippen LogP contribution in [0.3, 0.4) is 0 Å². The fourth-order valence-electron chi connectivity index (χ4n) is 1.97. The van der Waals surface area contributed by atoms with E-state index in [0.717, 1.165) is 6.07 Å². The molecule has 0 aliphatic carbocycles. The number of alkyl halides is 2. The van der Waals surface area contributed by atoms with Gasteiger partial charge in [0.2, 0.25) is 0 Å². The molecular weight excluding hydrogens is 315 g/mol. The molecule has 0 saturated carbocycles. The summed E-state index contributed by atoms with van der Waals surface area (Å²) >= 11 is 0. The number of esters is 1. The number of halogens is 3. The molecule has 0 radical (unpaired) electrons. The van der Waals surface area contributed by atoms with Gasteiger partial charge in [-0.1, -0.05) is 12.3 Å². The van der Waals surface area contributed by atoms with Crippen molar-refractivity contribution in [2.24, 2.45) is 0 Å². The lowest BCUT2D eigenvalue weighted by atomic mass is 10.1. The number of benzene rings is 1. The summed E-state index contributed by atoms with van der Waals surface area (Å²) in [6, 6.07) is 1.64. The second-order valence-corrected chi connectivity index (χ2v) is 4.39. The molecule has 5 nitrogen and oxygen atoms in total. The van der Waals surface area contributed by atoms with Crippen LogP contribution in [0.4, 0.5) is 18.9 Å². The largest absolute Gasteiger partial charge is 0.483 e. The maximum Gasteiger partial charge on any atom is 0.483 e. The minimum Gasteiger partial charge on any atom is -0.423 e. The molecule has 1 aromatic carbocycles. The third-order valence-electron chi connectivity index (χ3n) is 2.91. The number of nitrogens with zero attached hydrogens (tertiary/aromatic N) is 1. The van der Waals surface area contributed by atoms with E-state index < -0.39 is 42.5 Å². The van der Waals surface area contributed by atoms with Crippen LogP contribution < -0.4 is 9.64 Å². The van der Waals surface area contributed by atoms with Crippen molar-refractivity contribution in [3.63, 3.8) is 0 Å². The smallest absolute Gasteiger partial charge is 0.423 e. The highest BCUT2D eigenvalue weighted by atomic mass is 19.3. The van der Waals surface area contributed by atoms with Crippen LogP contribution in [0, 0.1) is 30.7 Å². The summed E-state index contributed by atoms with van der Waals surface area (Å²) in [5.41, 5.74) is -0.392. The first-order valence-corrected chi connectivity index (χ1v) is 6.10. The Hall–Kier alpha value is -3.13. The van der Waals surface area contributed by atoms with Crippen LogP contribution in [0.2, 0.25) is 0 Å². The molecule has 8 heteroatoms. The number of ether oxygens (including phenoxy) is 2. The van der Waals surface area contributed by atoms with Gasteiger partial charge in [0.25, 0.3) is 0 Å². The molecule has 0 N–H and O–H groups in total. The van der Waals surface area contributed by atoms with Crippen LogP contribution in [0.1, 0.15) is 5.56 Å². The first-order valence-electron chi connectivity index (χ1n) is 6.10. The van der Waals surface area contributed by atoms with Crippen LogP contribution in [-0.4, -0.2) is 24.5 Å². The van der Waals surface area contributed by atoms with E-state index >= 15 is 0 Å². The highest BCUT2D eigenvalue weighted by molar-refractivity contribution is 6.01. The molecule has 0 spiro atoms. The Morgan fingerprint density at radius 1 is 1.39 bits per heavy atom. The van der Waals surface area contributed by atoms with Crippen molar-refractivity contribution in [3.8, 4) is 30.6 Å². The Morgan fingerprint density at radius 3 is 2.70 bits per heavy atom. The Balaban J connectivity index is 2.48. The zero-order chi connectivity index (χ0) is 17.2. The highest BCUT2D eigenvalue weighted by Crippen LogP contribution is 2.40. The third-order valence-corrected chi connectivity index (χ3v) is 2.91. The molecular formula is C15H8F3NO4. The van der Waals surface area contributed by atoms with E-state index in [1.807, 2.05) is 5.92 Å². The van der Waals surface area contributed by atoms with Crippen LogP contribution in [0.15, 0.2) is 12.1 Å². The Bertz CT molecular complexity index is 761. The fourth-order valence-corrected chi connectivity index (χ4v) is 1.97. The van der Waals surface area contributed by atoms with Gasteiger partial charge in [-0.05, 0) is 6.07 Å². The van der Waals surface area contributed by atoms with Gasteiger partial charge in [0, 0.05) is 11.6 Å². The molecule has 0 unspecified atom stereocenters. The first kappa shape index (κ1) is 16.2. The number of hydrogen-bond donors (Lipinski definition) is 0. The van der Waals surface area contributed by atoms with Gasteiger partial charge in [0.05, 0.1) is 18.7 Å². The lowest BCUT2D eigenvalue weighted by Crippen LogP contribution is -2.51. The van der Waals surface area contributed by atoms with E-state index in [0.29, 0.717) is 11.0 Å². The summed E-state index contributed by atoms with van der Waals surface area (Å²) in [6.45, 7) is -0.481. The zero-order valence-corrected chi connectivity index (χ0v) is 11.4. The number of carbonyl (C=O) groups is 2. The van der Waals surface area contributed by atoms with E-state index in [-0.39, 0.29) is 11.3 Å². The van der Waals surface area contributed by atoms with Gasteiger partial charge in [-0.2, -0.15) is 8.78 Å². The molecule has 1 heterocycles. The monoisotopic (exact) mass is 323 g/mol. The Labute approximate surface area is 129 Å². The van der Waals surface area contributed by atoms with Gasteiger partial charge >= 0.3 is 18.0 Å². The maximum absolute atomic E-state index is 13.9. The first-order chi connectivity index (χ1) is 10.8. The molecule has 1 aliphatic heterocycles. The summed E-state index contributed by atoms with van der Waals surface area (Å²) in [4.78, 5) is 23.5. The van der Waals surface area contributed by atoms with Gasteiger partial charge < -0.3 is 9.47 Å². The van der Waals surface area contributed by atoms with Gasteiger partial charge in [0.1, 0.15) is 11.9 Å². The number of amides is 1. The standard InChI is InChI=1S/C15H8F3NO4/c1-3-5-19-11-6-9(7-13(20)22-4-2)10(16)8-12(11)23-15(17,18)14(19)21/h1-2,6,8H,5,7H2. The van der Waals surface area contributed by atoms with E-state index in [2.05, 4.69) is 9.47 Å². The van der Waals surface area contributed by atoms with Gasteiger partial charge in [-0.25, -0.2) is 4.39 Å². The number of terminal acetylenes is 2. The number of hydrogen-bond acceptors (Lipinski definition) is 4. The molecule has 23 heavy (non-hydrogen) atoms. The number of carbonyl (C=O) groups excluding carboxylic acids is 2. The molecule has 118 valence electrons. The zero-order valence-electron chi connectivity index (χ0n) is 11.4. The van der Waals surface area contributed by atoms with Crippen molar-refractivity contribution in [1.29, 1.82) is 0 Å². The molecule has 0 bridgehead atoms.